The van der Waals surface area contributed by atoms with Crippen LogP contribution in [0.4, 0.5) is 17.2 Å². The zero-order valence-corrected chi connectivity index (χ0v) is 25.9. The van der Waals surface area contributed by atoms with E-state index in [4.69, 9.17) is 0 Å². The molecule has 1 aliphatic heterocycles. The third kappa shape index (κ3) is 5.49. The van der Waals surface area contributed by atoms with Crippen molar-refractivity contribution in [2.24, 2.45) is 7.05 Å². The van der Waals surface area contributed by atoms with E-state index in [1.54, 1.807) is 13.1 Å². The Labute approximate surface area is 253 Å². The average Bonchev–Trinajstić information content (AvgIpc) is 3.40. The molecule has 1 N–H and O–H groups in total. The number of anilines is 3. The Balaban J connectivity index is 1.31. The average molecular weight is 580 g/mol. The second-order valence-electron chi connectivity index (χ2n) is 12.0. The van der Waals surface area contributed by atoms with E-state index in [2.05, 4.69) is 58.8 Å². The molecule has 4 aromatic rings. The number of aromatic nitrogens is 4. The van der Waals surface area contributed by atoms with Crippen LogP contribution in [0.25, 0.3) is 11.3 Å². The molecule has 2 aliphatic rings. The number of amides is 1. The second kappa shape index (κ2) is 11.8. The summed E-state index contributed by atoms with van der Waals surface area (Å²) in [7, 11) is 3.75. The van der Waals surface area contributed by atoms with Gasteiger partial charge in [-0.25, -0.2) is 9.67 Å². The van der Waals surface area contributed by atoms with Crippen molar-refractivity contribution >= 4 is 23.1 Å². The first kappa shape index (κ1) is 28.9. The minimum atomic E-state index is -0.237. The van der Waals surface area contributed by atoms with E-state index in [1.807, 2.05) is 41.4 Å². The number of hydrogen-bond acceptors (Lipinski definition) is 6. The highest BCUT2D eigenvalue weighted by molar-refractivity contribution is 6.07. The zero-order chi connectivity index (χ0) is 30.2. The summed E-state index contributed by atoms with van der Waals surface area (Å²) >= 11 is 0. The van der Waals surface area contributed by atoms with Gasteiger partial charge in [0.25, 0.3) is 11.5 Å². The predicted octanol–water partition coefficient (Wildman–Crippen LogP) is 5.33. The molecule has 6 rings (SSSR count). The first-order valence-corrected chi connectivity index (χ1v) is 15.4. The Morgan fingerprint density at radius 3 is 2.60 bits per heavy atom. The fourth-order valence-corrected chi connectivity index (χ4v) is 6.34. The monoisotopic (exact) mass is 579 g/mol. The molecule has 1 aliphatic carbocycles. The minimum Gasteiger partial charge on any atom is -0.339 e. The van der Waals surface area contributed by atoms with Crippen LogP contribution in [-0.4, -0.2) is 49.8 Å². The van der Waals surface area contributed by atoms with Gasteiger partial charge in [0.15, 0.2) is 0 Å². The second-order valence-corrected chi connectivity index (χ2v) is 12.0. The number of hydrogen-bond donors (Lipinski definition) is 1. The van der Waals surface area contributed by atoms with Crippen molar-refractivity contribution in [2.75, 3.05) is 23.8 Å². The molecule has 4 heterocycles. The molecule has 0 atom stereocenters. The molecule has 0 radical (unpaired) electrons. The lowest BCUT2D eigenvalue weighted by Crippen LogP contribution is -2.41. The Hall–Kier alpha value is -4.24. The van der Waals surface area contributed by atoms with Gasteiger partial charge in [-0.15, -0.1) is 0 Å². The van der Waals surface area contributed by atoms with Gasteiger partial charge in [0.1, 0.15) is 17.2 Å². The number of fused-ring (bicyclic) bond motifs is 3. The molecule has 0 saturated heterocycles. The Bertz CT molecular complexity index is 1720. The third-order valence-corrected chi connectivity index (χ3v) is 8.96. The number of carbonyl (C=O) groups is 1. The van der Waals surface area contributed by atoms with Crippen molar-refractivity contribution in [1.29, 1.82) is 0 Å². The van der Waals surface area contributed by atoms with E-state index in [0.717, 1.165) is 54.0 Å². The van der Waals surface area contributed by atoms with Crippen LogP contribution in [0.2, 0.25) is 0 Å². The fraction of sp³-hybridized carbons (Fsp3) is 0.412. The van der Waals surface area contributed by atoms with Crippen LogP contribution < -0.4 is 15.8 Å². The van der Waals surface area contributed by atoms with Crippen molar-refractivity contribution in [3.8, 4) is 11.3 Å². The van der Waals surface area contributed by atoms with Crippen molar-refractivity contribution in [1.82, 2.24) is 24.2 Å². The van der Waals surface area contributed by atoms with Crippen LogP contribution in [0.5, 0.6) is 0 Å². The van der Waals surface area contributed by atoms with Crippen LogP contribution in [0, 0.1) is 0 Å². The normalized spacial score (nSPS) is 14.8. The Morgan fingerprint density at radius 1 is 1.05 bits per heavy atom. The highest BCUT2D eigenvalue weighted by Gasteiger charge is 2.31. The van der Waals surface area contributed by atoms with Crippen molar-refractivity contribution in [3.63, 3.8) is 0 Å². The maximum atomic E-state index is 13.8. The predicted molar refractivity (Wildman–Crippen MR) is 171 cm³/mol. The molecule has 0 spiro atoms. The topological polar surface area (TPSA) is 88.3 Å². The maximum Gasteiger partial charge on any atom is 0.290 e. The molecule has 1 amide bonds. The van der Waals surface area contributed by atoms with Gasteiger partial charge in [-0.1, -0.05) is 25.1 Å². The molecule has 9 nitrogen and oxygen atoms in total. The van der Waals surface area contributed by atoms with Crippen molar-refractivity contribution in [3.05, 3.63) is 87.1 Å². The summed E-state index contributed by atoms with van der Waals surface area (Å²) in [5.41, 5.74) is 8.27. The molecular weight excluding hydrogens is 538 g/mol. The molecule has 43 heavy (non-hydrogen) atoms. The van der Waals surface area contributed by atoms with Gasteiger partial charge in [-0.05, 0) is 94.0 Å². The lowest BCUT2D eigenvalue weighted by atomic mass is 9.98. The lowest BCUT2D eigenvalue weighted by molar-refractivity contribution is 0.0964. The summed E-state index contributed by atoms with van der Waals surface area (Å²) < 4.78 is 3.61. The molecule has 3 aromatic heterocycles. The molecule has 0 unspecified atom stereocenters. The van der Waals surface area contributed by atoms with Gasteiger partial charge in [-0.2, -0.15) is 5.10 Å². The SMILES string of the molecule is CCc1c(-c2cc(Nc3ccc(CN(C)C(C)C)cn3)c(=O)n(C)n2)cccc1N1CCn2c(cc3c2CCCC3)C1=O. The Morgan fingerprint density at radius 2 is 1.86 bits per heavy atom. The number of rotatable bonds is 8. The van der Waals surface area contributed by atoms with Crippen LogP contribution in [0.15, 0.2) is 53.5 Å². The largest absolute Gasteiger partial charge is 0.339 e. The first-order valence-electron chi connectivity index (χ1n) is 15.4. The number of pyridine rings is 1. The maximum absolute atomic E-state index is 13.8. The highest BCUT2D eigenvalue weighted by atomic mass is 16.2. The number of aryl methyl sites for hydroxylation is 2. The van der Waals surface area contributed by atoms with E-state index in [-0.39, 0.29) is 11.5 Å². The molecular formula is C34H41N7O2. The summed E-state index contributed by atoms with van der Waals surface area (Å²) in [6.45, 7) is 8.65. The number of nitrogens with zero attached hydrogens (tertiary/aromatic N) is 6. The van der Waals surface area contributed by atoms with Crippen molar-refractivity contribution < 1.29 is 4.79 Å². The number of nitrogens with one attached hydrogen (secondary N) is 1. The van der Waals surface area contributed by atoms with E-state index in [1.165, 1.54) is 28.8 Å². The number of carbonyl (C=O) groups excluding carboxylic acids is 1. The van der Waals surface area contributed by atoms with Crippen LogP contribution in [0.3, 0.4) is 0 Å². The van der Waals surface area contributed by atoms with Crippen molar-refractivity contribution in [2.45, 2.75) is 72.0 Å². The van der Waals surface area contributed by atoms with Crippen LogP contribution in [0.1, 0.15) is 66.5 Å². The van der Waals surface area contributed by atoms with Gasteiger partial charge >= 0.3 is 0 Å². The number of benzene rings is 1. The van der Waals surface area contributed by atoms with E-state index in [9.17, 15) is 9.59 Å². The summed E-state index contributed by atoms with van der Waals surface area (Å²) in [6.07, 6.45) is 7.06. The van der Waals surface area contributed by atoms with E-state index in [0.29, 0.717) is 36.2 Å². The standard InChI is InChI=1S/C34H41N7O2/c1-6-25-26(11-9-13-30(25)41-17-16-40-29-12-8-7-10-24(29)18-31(40)34(41)43)27-19-28(33(42)39(5)37-27)36-32-15-14-23(20-35-32)21-38(4)22(2)3/h9,11,13-15,18-20,22H,6-8,10,12,16-17,21H2,1-5H3,(H,35,36). The molecule has 224 valence electrons. The van der Waals surface area contributed by atoms with Crippen LogP contribution >= 0.6 is 0 Å². The van der Waals surface area contributed by atoms with Gasteiger partial charge < -0.3 is 14.8 Å². The Kier molecular flexibility index (Phi) is 7.92. The third-order valence-electron chi connectivity index (χ3n) is 8.96. The smallest absolute Gasteiger partial charge is 0.290 e. The highest BCUT2D eigenvalue weighted by Crippen LogP contribution is 2.35. The molecule has 9 heteroatoms. The van der Waals surface area contributed by atoms with Gasteiger partial charge in [-0.3, -0.25) is 14.5 Å². The lowest BCUT2D eigenvalue weighted by Gasteiger charge is -2.31. The summed E-state index contributed by atoms with van der Waals surface area (Å²) in [5.74, 6) is 0.650. The molecule has 1 aromatic carbocycles. The van der Waals surface area contributed by atoms with E-state index < -0.39 is 0 Å². The van der Waals surface area contributed by atoms with Gasteiger partial charge in [0.2, 0.25) is 0 Å². The first-order chi connectivity index (χ1) is 20.7. The summed E-state index contributed by atoms with van der Waals surface area (Å²) in [4.78, 5) is 35.7. The van der Waals surface area contributed by atoms with E-state index >= 15 is 0 Å². The molecule has 0 fully saturated rings. The van der Waals surface area contributed by atoms with Gasteiger partial charge in [0.05, 0.1) is 5.69 Å². The quantitative estimate of drug-likeness (QED) is 0.304. The molecule has 0 saturated carbocycles. The fourth-order valence-electron chi connectivity index (χ4n) is 6.34. The summed E-state index contributed by atoms with van der Waals surface area (Å²) in [6, 6.07) is 14.3. The van der Waals surface area contributed by atoms with Crippen LogP contribution in [-0.2, 0) is 39.4 Å². The van der Waals surface area contributed by atoms with Gasteiger partial charge in [0, 0.05) is 55.9 Å². The minimum absolute atomic E-state index is 0.0531. The zero-order valence-electron chi connectivity index (χ0n) is 25.9. The summed E-state index contributed by atoms with van der Waals surface area (Å²) in [5, 5.41) is 7.85. The molecule has 0 bridgehead atoms.